The van der Waals surface area contributed by atoms with E-state index < -0.39 is 0 Å². The summed E-state index contributed by atoms with van der Waals surface area (Å²) in [5, 5.41) is 7.53. The molecule has 3 atom stereocenters. The molecule has 1 aliphatic heterocycles. The molecular formula is C26H29FN2O. The first kappa shape index (κ1) is 20.6. The van der Waals surface area contributed by atoms with Gasteiger partial charge < -0.3 is 15.4 Å². The third-order valence-electron chi connectivity index (χ3n) is 5.96. The number of halogens is 1. The first-order valence-corrected chi connectivity index (χ1v) is 10.6. The maximum absolute atomic E-state index is 13.3. The number of nitrogens with one attached hydrogen (secondary N) is 2. The molecule has 0 saturated carbocycles. The molecule has 0 amide bonds. The van der Waals surface area contributed by atoms with Crippen molar-refractivity contribution in [3.05, 3.63) is 89.7 Å². The molecule has 1 saturated heterocycles. The molecule has 4 rings (SSSR count). The fourth-order valence-electron chi connectivity index (χ4n) is 4.38. The predicted molar refractivity (Wildman–Crippen MR) is 120 cm³/mol. The summed E-state index contributed by atoms with van der Waals surface area (Å²) in [4.78, 5) is 0. The fourth-order valence-corrected chi connectivity index (χ4v) is 4.38. The lowest BCUT2D eigenvalue weighted by Gasteiger charge is -2.36. The first-order chi connectivity index (χ1) is 14.7. The highest BCUT2D eigenvalue weighted by Crippen LogP contribution is 2.33. The number of piperidine rings is 1. The number of rotatable bonds is 6. The van der Waals surface area contributed by atoms with Crippen LogP contribution in [0.4, 0.5) is 4.39 Å². The van der Waals surface area contributed by atoms with Crippen LogP contribution in [0.25, 0.3) is 11.1 Å². The van der Waals surface area contributed by atoms with Crippen molar-refractivity contribution in [2.75, 3.05) is 13.7 Å². The van der Waals surface area contributed by atoms with E-state index in [1.54, 1.807) is 7.11 Å². The lowest BCUT2D eigenvalue weighted by atomic mass is 9.90. The molecule has 1 aliphatic rings. The molecule has 156 valence electrons. The molecule has 1 heterocycles. The standard InChI is InChI=1S/C26H29FN2O/c1-18(29-24-9-6-16-28-26(24)20-7-4-3-5-8-20)23-17-21(12-15-25(23)30-2)19-10-13-22(27)14-11-19/h3-5,7-8,10-15,17-18,24,26,28-29H,6,9,16H2,1-2H3/t18-,24+,26-/m1/s1. The van der Waals surface area contributed by atoms with Crippen molar-refractivity contribution >= 4 is 0 Å². The van der Waals surface area contributed by atoms with E-state index in [1.807, 2.05) is 24.3 Å². The van der Waals surface area contributed by atoms with Crippen LogP contribution in [0.5, 0.6) is 5.75 Å². The SMILES string of the molecule is COc1ccc(-c2ccc(F)cc2)cc1[C@@H](C)N[C@H]1CCCN[C@@H]1c1ccccc1. The number of hydrogen-bond acceptors (Lipinski definition) is 3. The molecular weight excluding hydrogens is 375 g/mol. The molecule has 1 fully saturated rings. The third-order valence-corrected chi connectivity index (χ3v) is 5.96. The normalized spacial score (nSPS) is 20.0. The first-order valence-electron chi connectivity index (χ1n) is 10.6. The van der Waals surface area contributed by atoms with Crippen molar-refractivity contribution in [2.24, 2.45) is 0 Å². The van der Waals surface area contributed by atoms with Crippen molar-refractivity contribution in [3.8, 4) is 16.9 Å². The molecule has 0 bridgehead atoms. The van der Waals surface area contributed by atoms with E-state index in [0.29, 0.717) is 6.04 Å². The van der Waals surface area contributed by atoms with Crippen LogP contribution in [-0.4, -0.2) is 19.7 Å². The Hall–Kier alpha value is -2.69. The quantitative estimate of drug-likeness (QED) is 0.557. The Balaban J connectivity index is 1.59. The molecule has 2 N–H and O–H groups in total. The number of hydrogen-bond donors (Lipinski definition) is 2. The second kappa shape index (κ2) is 9.41. The number of ether oxygens (including phenoxy) is 1. The van der Waals surface area contributed by atoms with Crippen molar-refractivity contribution in [2.45, 2.75) is 37.9 Å². The van der Waals surface area contributed by atoms with Gasteiger partial charge in [-0.05, 0) is 67.3 Å². The van der Waals surface area contributed by atoms with Gasteiger partial charge in [0, 0.05) is 23.7 Å². The molecule has 30 heavy (non-hydrogen) atoms. The van der Waals surface area contributed by atoms with Gasteiger partial charge >= 0.3 is 0 Å². The van der Waals surface area contributed by atoms with Crippen molar-refractivity contribution in [1.29, 1.82) is 0 Å². The molecule has 3 aromatic rings. The van der Waals surface area contributed by atoms with E-state index in [0.717, 1.165) is 41.8 Å². The molecule has 0 aliphatic carbocycles. The van der Waals surface area contributed by atoms with Crippen LogP contribution >= 0.6 is 0 Å². The zero-order valence-electron chi connectivity index (χ0n) is 17.6. The number of benzene rings is 3. The van der Waals surface area contributed by atoms with E-state index in [-0.39, 0.29) is 17.9 Å². The van der Waals surface area contributed by atoms with Gasteiger partial charge in [0.15, 0.2) is 0 Å². The summed E-state index contributed by atoms with van der Waals surface area (Å²) in [6, 6.07) is 24.2. The van der Waals surface area contributed by atoms with Crippen LogP contribution in [0, 0.1) is 5.82 Å². The van der Waals surface area contributed by atoms with Crippen molar-refractivity contribution in [3.63, 3.8) is 0 Å². The van der Waals surface area contributed by atoms with Crippen LogP contribution in [-0.2, 0) is 0 Å². The fraction of sp³-hybridized carbons (Fsp3) is 0.308. The largest absolute Gasteiger partial charge is 0.496 e. The molecule has 0 spiro atoms. The topological polar surface area (TPSA) is 33.3 Å². The van der Waals surface area contributed by atoms with E-state index in [9.17, 15) is 4.39 Å². The summed E-state index contributed by atoms with van der Waals surface area (Å²) in [5.74, 6) is 0.639. The molecule has 0 aromatic heterocycles. The Morgan fingerprint density at radius 2 is 1.73 bits per heavy atom. The molecule has 3 aromatic carbocycles. The Bertz CT molecular complexity index is 959. The lowest BCUT2D eigenvalue weighted by molar-refractivity contribution is 0.284. The lowest BCUT2D eigenvalue weighted by Crippen LogP contribution is -2.46. The van der Waals surface area contributed by atoms with Gasteiger partial charge in [-0.15, -0.1) is 0 Å². The molecule has 3 nitrogen and oxygen atoms in total. The minimum Gasteiger partial charge on any atom is -0.496 e. The van der Waals surface area contributed by atoms with Gasteiger partial charge in [-0.1, -0.05) is 48.5 Å². The highest BCUT2D eigenvalue weighted by Gasteiger charge is 2.28. The summed E-state index contributed by atoms with van der Waals surface area (Å²) in [6.07, 6.45) is 2.28. The van der Waals surface area contributed by atoms with E-state index in [4.69, 9.17) is 4.74 Å². The predicted octanol–water partition coefficient (Wildman–Crippen LogP) is 5.65. The average Bonchev–Trinajstić information content (AvgIpc) is 2.80. The Labute approximate surface area is 178 Å². The summed E-state index contributed by atoms with van der Waals surface area (Å²) < 4.78 is 19.0. The van der Waals surface area contributed by atoms with Crippen LogP contribution in [0.2, 0.25) is 0 Å². The second-order valence-electron chi connectivity index (χ2n) is 7.94. The zero-order chi connectivity index (χ0) is 20.9. The third kappa shape index (κ3) is 4.55. The van der Waals surface area contributed by atoms with Crippen molar-refractivity contribution < 1.29 is 9.13 Å². The summed E-state index contributed by atoms with van der Waals surface area (Å²) in [5.41, 5.74) is 4.47. The molecule has 0 radical (unpaired) electrons. The van der Waals surface area contributed by atoms with Gasteiger partial charge in [0.25, 0.3) is 0 Å². The summed E-state index contributed by atoms with van der Waals surface area (Å²) in [7, 11) is 1.71. The smallest absolute Gasteiger partial charge is 0.123 e. The van der Waals surface area contributed by atoms with Gasteiger partial charge in [0.1, 0.15) is 11.6 Å². The highest BCUT2D eigenvalue weighted by molar-refractivity contribution is 5.66. The van der Waals surface area contributed by atoms with Gasteiger partial charge in [-0.2, -0.15) is 0 Å². The van der Waals surface area contributed by atoms with Crippen LogP contribution in [0.15, 0.2) is 72.8 Å². The van der Waals surface area contributed by atoms with Gasteiger partial charge in [0.05, 0.1) is 7.11 Å². The minimum absolute atomic E-state index is 0.108. The van der Waals surface area contributed by atoms with E-state index >= 15 is 0 Å². The zero-order valence-corrected chi connectivity index (χ0v) is 17.6. The monoisotopic (exact) mass is 404 g/mol. The molecule has 0 unspecified atom stereocenters. The van der Waals surface area contributed by atoms with E-state index in [1.165, 1.54) is 17.7 Å². The van der Waals surface area contributed by atoms with Crippen LogP contribution < -0.4 is 15.4 Å². The summed E-state index contributed by atoms with van der Waals surface area (Å²) in [6.45, 7) is 3.22. The van der Waals surface area contributed by atoms with Gasteiger partial charge in [0.2, 0.25) is 0 Å². The maximum atomic E-state index is 13.3. The van der Waals surface area contributed by atoms with Crippen molar-refractivity contribution in [1.82, 2.24) is 10.6 Å². The minimum atomic E-state index is -0.223. The van der Waals surface area contributed by atoms with Gasteiger partial charge in [-0.3, -0.25) is 0 Å². The Morgan fingerprint density at radius 3 is 2.47 bits per heavy atom. The average molecular weight is 405 g/mol. The Morgan fingerprint density at radius 1 is 1.00 bits per heavy atom. The maximum Gasteiger partial charge on any atom is 0.123 e. The Kier molecular flexibility index (Phi) is 6.46. The molecule has 4 heteroatoms. The van der Waals surface area contributed by atoms with Gasteiger partial charge in [-0.25, -0.2) is 4.39 Å². The number of methoxy groups -OCH3 is 1. The highest BCUT2D eigenvalue weighted by atomic mass is 19.1. The summed E-state index contributed by atoms with van der Waals surface area (Å²) >= 11 is 0. The van der Waals surface area contributed by atoms with Crippen LogP contribution in [0.1, 0.15) is 43.0 Å². The second-order valence-corrected chi connectivity index (χ2v) is 7.94. The van der Waals surface area contributed by atoms with Crippen LogP contribution in [0.3, 0.4) is 0 Å². The van der Waals surface area contributed by atoms with E-state index in [2.05, 4.69) is 54.0 Å².